The molecule has 0 spiro atoms. The number of aliphatic hydroxyl groups is 3. The van der Waals surface area contributed by atoms with E-state index < -0.39 is 59.8 Å². The zero-order valence-electron chi connectivity index (χ0n) is 40.6. The van der Waals surface area contributed by atoms with Gasteiger partial charge in [-0.3, -0.25) is 9.35 Å². The number of allylic oxidation sites excluding steroid dienone is 4. The Hall–Kier alpha value is -1.42. The first kappa shape index (κ1) is 60.6. The van der Waals surface area contributed by atoms with Crippen LogP contribution in [-0.4, -0.2) is 97.5 Å². The van der Waals surface area contributed by atoms with Crippen molar-refractivity contribution in [2.45, 2.75) is 269 Å². The number of hydrogen-bond donors (Lipinski definition) is 4. The van der Waals surface area contributed by atoms with E-state index in [2.05, 4.69) is 42.3 Å². The highest BCUT2D eigenvalue weighted by molar-refractivity contribution is 7.80. The van der Waals surface area contributed by atoms with E-state index in [1.165, 1.54) is 148 Å². The van der Waals surface area contributed by atoms with Crippen LogP contribution in [0.4, 0.5) is 0 Å². The molecule has 6 atom stereocenters. The summed E-state index contributed by atoms with van der Waals surface area (Å²) in [5.41, 5.74) is 0. The number of unbranched alkanes of at least 4 members (excludes halogenated alkanes) is 29. The fourth-order valence-corrected chi connectivity index (χ4v) is 8.58. The van der Waals surface area contributed by atoms with Crippen LogP contribution in [0.25, 0.3) is 0 Å². The summed E-state index contributed by atoms with van der Waals surface area (Å²) in [6, 6.07) is 0. The summed E-state index contributed by atoms with van der Waals surface area (Å²) in [6.45, 7) is 3.99. The molecule has 1 aliphatic rings. The van der Waals surface area contributed by atoms with E-state index in [4.69, 9.17) is 18.9 Å². The molecule has 6 unspecified atom stereocenters. The lowest BCUT2D eigenvalue weighted by Gasteiger charge is -2.41. The molecule has 1 heterocycles. The minimum absolute atomic E-state index is 0.0355. The highest BCUT2D eigenvalue weighted by Crippen LogP contribution is 2.26. The first-order chi connectivity index (χ1) is 31.1. The Morgan fingerprint density at radius 1 is 0.578 bits per heavy atom. The van der Waals surface area contributed by atoms with Gasteiger partial charge in [-0.1, -0.05) is 186 Å². The average Bonchev–Trinajstić information content (AvgIpc) is 3.27. The van der Waals surface area contributed by atoms with Gasteiger partial charge >= 0.3 is 16.4 Å². The van der Waals surface area contributed by atoms with Crippen LogP contribution >= 0.6 is 0 Å². The Bertz CT molecular complexity index is 1210. The van der Waals surface area contributed by atoms with Gasteiger partial charge in [0.2, 0.25) is 0 Å². The van der Waals surface area contributed by atoms with Gasteiger partial charge in [0, 0.05) is 13.0 Å². The van der Waals surface area contributed by atoms with Crippen LogP contribution in [0.5, 0.6) is 0 Å². The van der Waals surface area contributed by atoms with Gasteiger partial charge in [0.25, 0.3) is 0 Å². The van der Waals surface area contributed by atoms with Crippen molar-refractivity contribution in [3.8, 4) is 0 Å². The molecule has 0 aromatic rings. The molecule has 13 heteroatoms. The average molecular weight is 933 g/mol. The van der Waals surface area contributed by atoms with Crippen LogP contribution in [0, 0.1) is 0 Å². The smallest absolute Gasteiger partial charge is 0.397 e. The summed E-state index contributed by atoms with van der Waals surface area (Å²) in [5, 5.41) is 30.7. The van der Waals surface area contributed by atoms with E-state index in [0.717, 1.165) is 57.8 Å². The molecule has 0 radical (unpaired) electrons. The van der Waals surface area contributed by atoms with E-state index in [-0.39, 0.29) is 19.6 Å². The van der Waals surface area contributed by atoms with Crippen molar-refractivity contribution >= 4 is 16.4 Å². The SMILES string of the molecule is CCCCCC/C=C\CCCCCCCC(=O)OC(COCCCCCCCCCCCCCC/C=C\CCCCCCCCCC)COC1OC(CO)C(O)C(OS(=O)(=O)O)C1O. The van der Waals surface area contributed by atoms with Crippen molar-refractivity contribution in [1.82, 2.24) is 0 Å². The fourth-order valence-electron chi connectivity index (χ4n) is 8.08. The largest absolute Gasteiger partial charge is 0.457 e. The number of carbonyl (C=O) groups is 1. The van der Waals surface area contributed by atoms with Gasteiger partial charge in [-0.15, -0.1) is 0 Å². The molecule has 0 aromatic carbocycles. The molecule has 64 heavy (non-hydrogen) atoms. The number of aliphatic hydroxyl groups excluding tert-OH is 3. The molecule has 1 fully saturated rings. The van der Waals surface area contributed by atoms with Crippen LogP contribution < -0.4 is 0 Å². The number of esters is 1. The number of rotatable bonds is 46. The van der Waals surface area contributed by atoms with Crippen LogP contribution in [0.3, 0.4) is 0 Å². The second kappa shape index (κ2) is 42.9. The summed E-state index contributed by atoms with van der Waals surface area (Å²) in [5.74, 6) is -0.406. The third-order valence-electron chi connectivity index (χ3n) is 12.0. The van der Waals surface area contributed by atoms with Crippen molar-refractivity contribution in [3.05, 3.63) is 24.3 Å². The summed E-state index contributed by atoms with van der Waals surface area (Å²) in [6.07, 6.45) is 40.8. The first-order valence-corrected chi connectivity index (χ1v) is 27.5. The van der Waals surface area contributed by atoms with Gasteiger partial charge in [0.1, 0.15) is 30.5 Å². The number of hydrogen-bond acceptors (Lipinski definition) is 11. The molecule has 0 amide bonds. The molecular weight excluding hydrogens is 837 g/mol. The lowest BCUT2D eigenvalue weighted by atomic mass is 9.99. The van der Waals surface area contributed by atoms with Gasteiger partial charge in [-0.05, 0) is 64.2 Å². The molecule has 0 saturated carbocycles. The first-order valence-electron chi connectivity index (χ1n) is 26.1. The molecule has 0 bridgehead atoms. The lowest BCUT2D eigenvalue weighted by Crippen LogP contribution is -2.60. The second-order valence-electron chi connectivity index (χ2n) is 18.1. The Balaban J connectivity index is 2.30. The standard InChI is InChI=1S/C51H96O12S/c1-3-5-7-9-11-13-15-17-18-19-20-21-22-23-24-25-26-27-29-31-33-35-37-39-41-59-43-45(44-60-51-49(55)50(63-64(56,57)58)48(54)46(42-52)62-51)61-47(53)40-38-36-34-32-30-28-16-14-12-10-8-6-4-2/h14,16,19-20,45-46,48-52,54-55H,3-13,15,17-18,21-44H2,1-2H3,(H,56,57,58)/b16-14-,20-19-. The van der Waals surface area contributed by atoms with Gasteiger partial charge in [-0.25, -0.2) is 4.18 Å². The number of ether oxygens (including phenoxy) is 4. The maximum Gasteiger partial charge on any atom is 0.397 e. The molecular formula is C51H96O12S. The summed E-state index contributed by atoms with van der Waals surface area (Å²) >= 11 is 0. The highest BCUT2D eigenvalue weighted by Gasteiger charge is 2.48. The molecule has 378 valence electrons. The quantitative estimate of drug-likeness (QED) is 0.0197. The Labute approximate surface area is 391 Å². The Morgan fingerprint density at radius 2 is 0.984 bits per heavy atom. The second-order valence-corrected chi connectivity index (χ2v) is 19.2. The van der Waals surface area contributed by atoms with Gasteiger partial charge in [0.15, 0.2) is 6.29 Å². The Kier molecular flexibility index (Phi) is 40.6. The zero-order valence-corrected chi connectivity index (χ0v) is 41.4. The predicted octanol–water partition coefficient (Wildman–Crippen LogP) is 12.0. The monoisotopic (exact) mass is 933 g/mol. The third-order valence-corrected chi connectivity index (χ3v) is 12.5. The molecule has 0 aliphatic carbocycles. The van der Waals surface area contributed by atoms with Crippen LogP contribution in [-0.2, 0) is 38.3 Å². The Morgan fingerprint density at radius 3 is 1.42 bits per heavy atom. The normalized spacial score (nSPS) is 19.9. The summed E-state index contributed by atoms with van der Waals surface area (Å²) in [4.78, 5) is 12.9. The van der Waals surface area contributed by atoms with Gasteiger partial charge in [-0.2, -0.15) is 8.42 Å². The van der Waals surface area contributed by atoms with Crippen molar-refractivity contribution in [2.75, 3.05) is 26.4 Å². The fraction of sp³-hybridized carbons (Fsp3) is 0.902. The molecule has 1 rings (SSSR count). The molecule has 12 nitrogen and oxygen atoms in total. The van der Waals surface area contributed by atoms with E-state index >= 15 is 0 Å². The van der Waals surface area contributed by atoms with Crippen LogP contribution in [0.15, 0.2) is 24.3 Å². The minimum Gasteiger partial charge on any atom is -0.457 e. The van der Waals surface area contributed by atoms with E-state index in [9.17, 15) is 33.1 Å². The van der Waals surface area contributed by atoms with E-state index in [1.807, 2.05) is 0 Å². The zero-order chi connectivity index (χ0) is 46.8. The summed E-state index contributed by atoms with van der Waals surface area (Å²) in [7, 11) is -5.06. The van der Waals surface area contributed by atoms with Crippen molar-refractivity contribution < 1.29 is 56.2 Å². The predicted molar refractivity (Wildman–Crippen MR) is 257 cm³/mol. The lowest BCUT2D eigenvalue weighted by molar-refractivity contribution is -0.301. The maximum absolute atomic E-state index is 12.9. The molecule has 1 saturated heterocycles. The topological polar surface area (TPSA) is 178 Å². The van der Waals surface area contributed by atoms with Crippen LogP contribution in [0.1, 0.15) is 232 Å². The molecule has 1 aliphatic heterocycles. The minimum atomic E-state index is -5.06. The van der Waals surface area contributed by atoms with E-state index in [1.54, 1.807) is 0 Å². The van der Waals surface area contributed by atoms with Gasteiger partial charge < -0.3 is 34.3 Å². The molecule has 0 aromatic heterocycles. The van der Waals surface area contributed by atoms with Gasteiger partial charge in [0.05, 0.1) is 19.8 Å². The van der Waals surface area contributed by atoms with E-state index in [0.29, 0.717) is 13.0 Å². The summed E-state index contributed by atoms with van der Waals surface area (Å²) < 4.78 is 59.2. The maximum atomic E-state index is 12.9. The van der Waals surface area contributed by atoms with Crippen molar-refractivity contribution in [2.24, 2.45) is 0 Å². The highest BCUT2D eigenvalue weighted by atomic mass is 32.3. The van der Waals surface area contributed by atoms with Crippen LogP contribution in [0.2, 0.25) is 0 Å². The van der Waals surface area contributed by atoms with Crippen molar-refractivity contribution in [1.29, 1.82) is 0 Å². The number of carbonyl (C=O) groups excluding carboxylic acids is 1. The van der Waals surface area contributed by atoms with Crippen molar-refractivity contribution in [3.63, 3.8) is 0 Å². The third kappa shape index (κ3) is 35.7. The molecule has 4 N–H and O–H groups in total.